The van der Waals surface area contributed by atoms with Crippen LogP contribution in [-0.2, 0) is 19.2 Å². The summed E-state index contributed by atoms with van der Waals surface area (Å²) in [5.41, 5.74) is 1.55. The Hall–Kier alpha value is -2.35. The molecule has 0 radical (unpaired) electrons. The second-order valence-electron chi connectivity index (χ2n) is 4.74. The Bertz CT molecular complexity index is 726. The van der Waals surface area contributed by atoms with E-state index in [1.807, 2.05) is 0 Å². The summed E-state index contributed by atoms with van der Waals surface area (Å²) in [6.45, 7) is 3.45. The van der Waals surface area contributed by atoms with Crippen LogP contribution >= 0.6 is 15.9 Å². The van der Waals surface area contributed by atoms with Crippen LogP contribution in [-0.4, -0.2) is 38.0 Å². The van der Waals surface area contributed by atoms with Gasteiger partial charge in [-0.2, -0.15) is 0 Å². The number of benzene rings is 1. The normalized spacial score (nSPS) is 15.1. The third kappa shape index (κ3) is 4.14. The molecule has 128 valence electrons. The highest BCUT2D eigenvalue weighted by molar-refractivity contribution is 9.10. The minimum Gasteiger partial charge on any atom is -0.493 e. The summed E-state index contributed by atoms with van der Waals surface area (Å²) in [6, 6.07) is 3.41. The van der Waals surface area contributed by atoms with Crippen molar-refractivity contribution in [2.45, 2.75) is 13.8 Å². The van der Waals surface area contributed by atoms with Crippen LogP contribution in [0.3, 0.4) is 0 Å². The van der Waals surface area contributed by atoms with Crippen molar-refractivity contribution in [2.75, 3.05) is 20.3 Å². The van der Waals surface area contributed by atoms with E-state index in [9.17, 15) is 9.59 Å². The summed E-state index contributed by atoms with van der Waals surface area (Å²) in [6.07, 6.45) is 1.64. The summed E-state index contributed by atoms with van der Waals surface area (Å²) >= 11 is 3.37. The molecule has 0 spiro atoms. The highest BCUT2D eigenvalue weighted by Crippen LogP contribution is 2.37. The SMILES string of the molecule is CCOC(=O)COc1c(Br)cc(/C=C2\C(=O)ON=C2C)cc1OC. The van der Waals surface area contributed by atoms with Crippen LogP contribution in [0.25, 0.3) is 6.08 Å². The maximum atomic E-state index is 11.6. The molecule has 0 saturated heterocycles. The fourth-order valence-electron chi connectivity index (χ4n) is 1.98. The van der Waals surface area contributed by atoms with E-state index >= 15 is 0 Å². The highest BCUT2D eigenvalue weighted by Gasteiger charge is 2.22. The summed E-state index contributed by atoms with van der Waals surface area (Å²) in [7, 11) is 1.48. The fourth-order valence-corrected chi connectivity index (χ4v) is 2.56. The van der Waals surface area contributed by atoms with Crippen molar-refractivity contribution in [1.29, 1.82) is 0 Å². The van der Waals surface area contributed by atoms with Crippen LogP contribution in [0.5, 0.6) is 11.5 Å². The number of methoxy groups -OCH3 is 1. The summed E-state index contributed by atoms with van der Waals surface area (Å²) in [4.78, 5) is 27.6. The van der Waals surface area contributed by atoms with E-state index in [4.69, 9.17) is 14.2 Å². The van der Waals surface area contributed by atoms with E-state index in [1.165, 1.54) is 7.11 Å². The maximum absolute atomic E-state index is 11.6. The van der Waals surface area contributed by atoms with Gasteiger partial charge >= 0.3 is 11.9 Å². The zero-order valence-corrected chi connectivity index (χ0v) is 15.0. The second-order valence-corrected chi connectivity index (χ2v) is 5.60. The molecule has 2 rings (SSSR count). The van der Waals surface area contributed by atoms with Gasteiger partial charge in [-0.3, -0.25) is 0 Å². The highest BCUT2D eigenvalue weighted by atomic mass is 79.9. The van der Waals surface area contributed by atoms with Crippen molar-refractivity contribution >= 4 is 39.7 Å². The average Bonchev–Trinajstić information content (AvgIpc) is 2.85. The monoisotopic (exact) mass is 397 g/mol. The van der Waals surface area contributed by atoms with Crippen molar-refractivity contribution in [3.63, 3.8) is 0 Å². The van der Waals surface area contributed by atoms with Crippen LogP contribution in [0.1, 0.15) is 19.4 Å². The average molecular weight is 398 g/mol. The molecule has 1 aliphatic rings. The van der Waals surface area contributed by atoms with Gasteiger partial charge in [0.2, 0.25) is 0 Å². The van der Waals surface area contributed by atoms with Crippen LogP contribution in [0.4, 0.5) is 0 Å². The number of carbonyl (C=O) groups is 2. The molecule has 0 fully saturated rings. The van der Waals surface area contributed by atoms with Gasteiger partial charge in [0.15, 0.2) is 18.1 Å². The molecule has 24 heavy (non-hydrogen) atoms. The molecule has 0 atom stereocenters. The number of ether oxygens (including phenoxy) is 3. The summed E-state index contributed by atoms with van der Waals surface area (Å²) in [5, 5.41) is 3.62. The van der Waals surface area contributed by atoms with E-state index in [1.54, 1.807) is 32.1 Å². The number of hydrogen-bond acceptors (Lipinski definition) is 7. The quantitative estimate of drug-likeness (QED) is 0.416. The lowest BCUT2D eigenvalue weighted by atomic mass is 10.1. The van der Waals surface area contributed by atoms with E-state index in [-0.39, 0.29) is 13.2 Å². The molecule has 0 aliphatic carbocycles. The topological polar surface area (TPSA) is 83.4 Å². The van der Waals surface area contributed by atoms with Gasteiger partial charge in [-0.05, 0) is 53.5 Å². The number of hydrogen-bond donors (Lipinski definition) is 0. The molecule has 1 heterocycles. The van der Waals surface area contributed by atoms with E-state index in [0.717, 1.165) is 0 Å². The van der Waals surface area contributed by atoms with Crippen LogP contribution in [0.15, 0.2) is 27.3 Å². The molecule has 0 aromatic heterocycles. The maximum Gasteiger partial charge on any atom is 0.367 e. The molecule has 0 saturated carbocycles. The Morgan fingerprint density at radius 2 is 2.17 bits per heavy atom. The fraction of sp³-hybridized carbons (Fsp3) is 0.312. The molecule has 0 N–H and O–H groups in total. The van der Waals surface area contributed by atoms with Crippen LogP contribution < -0.4 is 9.47 Å². The molecular weight excluding hydrogens is 382 g/mol. The minimum atomic E-state index is -0.509. The Morgan fingerprint density at radius 3 is 2.75 bits per heavy atom. The molecular formula is C16H16BrNO6. The molecule has 0 bridgehead atoms. The first-order valence-corrected chi connectivity index (χ1v) is 7.89. The smallest absolute Gasteiger partial charge is 0.367 e. The molecule has 1 aromatic carbocycles. The van der Waals surface area contributed by atoms with Gasteiger partial charge < -0.3 is 19.0 Å². The number of halogens is 1. The third-order valence-electron chi connectivity index (χ3n) is 3.08. The first-order valence-electron chi connectivity index (χ1n) is 7.10. The standard InChI is InChI=1S/C16H16BrNO6/c1-4-22-14(19)8-23-15-12(17)6-10(7-13(15)21-3)5-11-9(2)18-24-16(11)20/h5-7H,4,8H2,1-3H3/b11-5-. The Morgan fingerprint density at radius 1 is 1.42 bits per heavy atom. The van der Waals surface area contributed by atoms with Gasteiger partial charge in [0.1, 0.15) is 0 Å². The van der Waals surface area contributed by atoms with Crippen molar-refractivity contribution in [3.8, 4) is 11.5 Å². The van der Waals surface area contributed by atoms with Gasteiger partial charge in [0.25, 0.3) is 0 Å². The summed E-state index contributed by atoms with van der Waals surface area (Å²) in [5.74, 6) is -0.211. The van der Waals surface area contributed by atoms with Gasteiger partial charge in [-0.1, -0.05) is 5.16 Å². The van der Waals surface area contributed by atoms with Crippen molar-refractivity contribution in [1.82, 2.24) is 0 Å². The Kier molecular flexibility index (Phi) is 5.97. The van der Waals surface area contributed by atoms with Crippen LogP contribution in [0.2, 0.25) is 0 Å². The molecule has 0 unspecified atom stereocenters. The van der Waals surface area contributed by atoms with Gasteiger partial charge in [-0.25, -0.2) is 9.59 Å². The van der Waals surface area contributed by atoms with Gasteiger partial charge in [0.05, 0.1) is 29.5 Å². The Labute approximate surface area is 147 Å². The molecule has 0 amide bonds. The molecule has 7 nitrogen and oxygen atoms in total. The Balaban J connectivity index is 2.27. The zero-order valence-electron chi connectivity index (χ0n) is 13.4. The number of oxime groups is 1. The molecule has 1 aliphatic heterocycles. The van der Waals surface area contributed by atoms with Gasteiger partial charge in [-0.15, -0.1) is 0 Å². The third-order valence-corrected chi connectivity index (χ3v) is 3.67. The number of carbonyl (C=O) groups excluding carboxylic acids is 2. The molecule has 1 aromatic rings. The van der Waals surface area contributed by atoms with Gasteiger partial charge in [0, 0.05) is 0 Å². The first kappa shape index (κ1) is 18.0. The van der Waals surface area contributed by atoms with E-state index in [2.05, 4.69) is 25.9 Å². The molecule has 8 heteroatoms. The lowest BCUT2D eigenvalue weighted by Gasteiger charge is -2.13. The van der Waals surface area contributed by atoms with E-state index in [0.29, 0.717) is 32.8 Å². The predicted molar refractivity (Wildman–Crippen MR) is 90.0 cm³/mol. The second kappa shape index (κ2) is 7.96. The minimum absolute atomic E-state index is 0.235. The number of esters is 1. The van der Waals surface area contributed by atoms with Crippen molar-refractivity contribution in [3.05, 3.63) is 27.7 Å². The van der Waals surface area contributed by atoms with Crippen molar-refractivity contribution < 1.29 is 28.6 Å². The first-order chi connectivity index (χ1) is 11.5. The zero-order chi connectivity index (χ0) is 17.7. The summed E-state index contributed by atoms with van der Waals surface area (Å²) < 4.78 is 16.1. The lowest BCUT2D eigenvalue weighted by molar-refractivity contribution is -0.145. The predicted octanol–water partition coefficient (Wildman–Crippen LogP) is 2.72. The lowest BCUT2D eigenvalue weighted by Crippen LogP contribution is -2.15. The van der Waals surface area contributed by atoms with Crippen LogP contribution in [0, 0.1) is 0 Å². The largest absolute Gasteiger partial charge is 0.493 e. The van der Waals surface area contributed by atoms with E-state index < -0.39 is 11.9 Å². The van der Waals surface area contributed by atoms with Crippen molar-refractivity contribution in [2.24, 2.45) is 5.16 Å². The number of rotatable bonds is 6. The number of nitrogens with zero attached hydrogens (tertiary/aromatic N) is 1.